The van der Waals surface area contributed by atoms with Crippen molar-refractivity contribution in [2.75, 3.05) is 0 Å². The van der Waals surface area contributed by atoms with Gasteiger partial charge < -0.3 is 19.5 Å². The van der Waals surface area contributed by atoms with Gasteiger partial charge in [0, 0.05) is 30.9 Å². The molecule has 7 heteroatoms. The van der Waals surface area contributed by atoms with E-state index in [9.17, 15) is 14.7 Å². The lowest BCUT2D eigenvalue weighted by Gasteiger charge is -2.25. The van der Waals surface area contributed by atoms with Crippen molar-refractivity contribution in [1.82, 2.24) is 9.88 Å². The van der Waals surface area contributed by atoms with Crippen molar-refractivity contribution in [1.29, 1.82) is 0 Å². The average molecular weight is 533 g/mol. The Morgan fingerprint density at radius 2 is 1.82 bits per heavy atom. The van der Waals surface area contributed by atoms with Crippen LogP contribution in [0.2, 0.25) is 0 Å². The van der Waals surface area contributed by atoms with Crippen LogP contribution in [0.4, 0.5) is 0 Å². The van der Waals surface area contributed by atoms with Crippen molar-refractivity contribution in [3.63, 3.8) is 0 Å². The number of aromatic nitrogens is 1. The fourth-order valence-corrected chi connectivity index (χ4v) is 5.32. The lowest BCUT2D eigenvalue weighted by atomic mass is 9.94. The van der Waals surface area contributed by atoms with Crippen LogP contribution < -0.4 is 9.47 Å². The maximum Gasteiger partial charge on any atom is 0.295 e. The van der Waals surface area contributed by atoms with E-state index in [1.807, 2.05) is 73.7 Å². The molecule has 1 saturated heterocycles. The van der Waals surface area contributed by atoms with Gasteiger partial charge >= 0.3 is 0 Å². The molecule has 2 aliphatic rings. The molecule has 0 saturated carbocycles. The summed E-state index contributed by atoms with van der Waals surface area (Å²) in [6.07, 6.45) is 4.06. The van der Waals surface area contributed by atoms with Gasteiger partial charge in [-0.05, 0) is 65.6 Å². The second kappa shape index (κ2) is 10.7. The number of hydrogen-bond acceptors (Lipinski definition) is 6. The number of aliphatic hydroxyl groups is 1. The minimum Gasteiger partial charge on any atom is -0.507 e. The van der Waals surface area contributed by atoms with E-state index in [4.69, 9.17) is 9.47 Å². The van der Waals surface area contributed by atoms with E-state index in [0.717, 1.165) is 22.4 Å². The Bertz CT molecular complexity index is 1600. The minimum atomic E-state index is -0.816. The van der Waals surface area contributed by atoms with Crippen LogP contribution in [0.3, 0.4) is 0 Å². The largest absolute Gasteiger partial charge is 0.507 e. The fraction of sp³-hybridized carbons (Fsp3) is 0.182. The molecule has 3 aromatic carbocycles. The maximum absolute atomic E-state index is 13.5. The Balaban J connectivity index is 1.41. The molecule has 2 aliphatic heterocycles. The standard InChI is InChI=1S/C33H28N2O5/c1-21-15-26-16-25(12-13-28(26)40-21)31(36)29-30(35(33(38)32(29)37)19-23-9-6-14-34-18-23)24-10-5-11-27(17-24)39-20-22-7-3-2-4-8-22/h2-14,16-18,21,30,36H,15,19-20H2,1H3/t21-,30+/m1/s1. The van der Waals surface area contributed by atoms with E-state index in [1.165, 1.54) is 4.90 Å². The monoisotopic (exact) mass is 532 g/mol. The zero-order valence-electron chi connectivity index (χ0n) is 22.0. The molecule has 1 N–H and O–H groups in total. The van der Waals surface area contributed by atoms with Crippen LogP contribution in [-0.2, 0) is 29.2 Å². The molecule has 6 rings (SSSR count). The Kier molecular flexibility index (Phi) is 6.78. The van der Waals surface area contributed by atoms with Crippen molar-refractivity contribution >= 4 is 17.4 Å². The van der Waals surface area contributed by atoms with Crippen LogP contribution in [0.5, 0.6) is 11.5 Å². The van der Waals surface area contributed by atoms with Crippen LogP contribution >= 0.6 is 0 Å². The lowest BCUT2D eigenvalue weighted by molar-refractivity contribution is -0.140. The van der Waals surface area contributed by atoms with Crippen LogP contribution in [-0.4, -0.2) is 32.8 Å². The molecule has 3 heterocycles. The van der Waals surface area contributed by atoms with Gasteiger partial charge in [-0.1, -0.05) is 48.5 Å². The number of Topliss-reactive ketones (excluding diaryl/α,β-unsaturated/α-hetero) is 1. The molecule has 0 radical (unpaired) electrons. The summed E-state index contributed by atoms with van der Waals surface area (Å²) in [5.74, 6) is -0.260. The summed E-state index contributed by atoms with van der Waals surface area (Å²) in [5, 5.41) is 11.5. The number of fused-ring (bicyclic) bond motifs is 1. The number of carbonyl (C=O) groups is 2. The summed E-state index contributed by atoms with van der Waals surface area (Å²) in [6.45, 7) is 2.51. The van der Waals surface area contributed by atoms with Crippen LogP contribution in [0.15, 0.2) is 103 Å². The second-order valence-electron chi connectivity index (χ2n) is 10.1. The average Bonchev–Trinajstić information content (AvgIpc) is 3.48. The first kappa shape index (κ1) is 25.4. The number of aliphatic hydroxyl groups excluding tert-OH is 1. The van der Waals surface area contributed by atoms with E-state index in [2.05, 4.69) is 4.98 Å². The third-order valence-corrected chi connectivity index (χ3v) is 7.21. The molecule has 0 unspecified atom stereocenters. The van der Waals surface area contributed by atoms with Gasteiger partial charge in [0.05, 0.1) is 11.6 Å². The van der Waals surface area contributed by atoms with Crippen LogP contribution in [0, 0.1) is 0 Å². The fourth-order valence-electron chi connectivity index (χ4n) is 5.32. The van der Waals surface area contributed by atoms with Crippen molar-refractivity contribution in [2.45, 2.75) is 38.6 Å². The second-order valence-corrected chi connectivity index (χ2v) is 10.1. The predicted octanol–water partition coefficient (Wildman–Crippen LogP) is 5.61. The Labute approximate surface area is 232 Å². The summed E-state index contributed by atoms with van der Waals surface area (Å²) < 4.78 is 11.8. The third-order valence-electron chi connectivity index (χ3n) is 7.21. The summed E-state index contributed by atoms with van der Waals surface area (Å²) in [4.78, 5) is 32.6. The highest BCUT2D eigenvalue weighted by molar-refractivity contribution is 6.46. The zero-order chi connectivity index (χ0) is 27.6. The number of likely N-dealkylation sites (tertiary alicyclic amines) is 1. The summed E-state index contributed by atoms with van der Waals surface area (Å²) in [5.41, 5.74) is 3.92. The molecule has 0 aliphatic carbocycles. The topological polar surface area (TPSA) is 89.0 Å². The van der Waals surface area contributed by atoms with Crippen molar-refractivity contribution in [3.8, 4) is 11.5 Å². The number of benzene rings is 3. The first-order valence-corrected chi connectivity index (χ1v) is 13.2. The molecular formula is C33H28N2O5. The number of amides is 1. The Hall–Kier alpha value is -4.91. The van der Waals surface area contributed by atoms with Gasteiger partial charge in [0.2, 0.25) is 0 Å². The maximum atomic E-state index is 13.5. The molecule has 1 amide bonds. The molecular weight excluding hydrogens is 504 g/mol. The van der Waals surface area contributed by atoms with E-state index in [-0.39, 0.29) is 24.0 Å². The zero-order valence-corrected chi connectivity index (χ0v) is 22.0. The molecule has 4 aromatic rings. The number of pyridine rings is 1. The molecule has 0 spiro atoms. The highest BCUT2D eigenvalue weighted by Gasteiger charge is 2.46. The quantitative estimate of drug-likeness (QED) is 0.189. The van der Waals surface area contributed by atoms with Crippen LogP contribution in [0.25, 0.3) is 5.76 Å². The SMILES string of the molecule is C[C@@H]1Cc2cc(C(O)=C3C(=O)C(=O)N(Cc4cccnc4)[C@H]3c3cccc(OCc4ccccc4)c3)ccc2O1. The Morgan fingerprint density at radius 1 is 1.00 bits per heavy atom. The molecule has 0 bridgehead atoms. The van der Waals surface area contributed by atoms with Gasteiger partial charge in [0.1, 0.15) is 30.0 Å². The smallest absolute Gasteiger partial charge is 0.295 e. The molecule has 40 heavy (non-hydrogen) atoms. The third kappa shape index (κ3) is 4.94. The lowest BCUT2D eigenvalue weighted by Crippen LogP contribution is -2.29. The first-order chi connectivity index (χ1) is 19.5. The number of carbonyl (C=O) groups excluding carboxylic acids is 2. The van der Waals surface area contributed by atoms with E-state index in [0.29, 0.717) is 29.9 Å². The number of rotatable bonds is 7. The molecule has 200 valence electrons. The van der Waals surface area contributed by atoms with Crippen molar-refractivity contribution in [2.24, 2.45) is 0 Å². The molecule has 1 fully saturated rings. The van der Waals surface area contributed by atoms with Crippen molar-refractivity contribution in [3.05, 3.63) is 131 Å². The number of ether oxygens (including phenoxy) is 2. The number of hydrogen-bond donors (Lipinski definition) is 1. The summed E-state index contributed by atoms with van der Waals surface area (Å²) in [7, 11) is 0. The predicted molar refractivity (Wildman–Crippen MR) is 150 cm³/mol. The van der Waals surface area contributed by atoms with Gasteiger partial charge in [0.15, 0.2) is 0 Å². The number of ketones is 1. The Morgan fingerprint density at radius 3 is 2.62 bits per heavy atom. The summed E-state index contributed by atoms with van der Waals surface area (Å²) in [6, 6.07) is 25.3. The molecule has 7 nitrogen and oxygen atoms in total. The highest BCUT2D eigenvalue weighted by Crippen LogP contribution is 2.42. The van der Waals surface area contributed by atoms with E-state index < -0.39 is 17.7 Å². The van der Waals surface area contributed by atoms with E-state index in [1.54, 1.807) is 30.6 Å². The highest BCUT2D eigenvalue weighted by atomic mass is 16.5. The van der Waals surface area contributed by atoms with Crippen molar-refractivity contribution < 1.29 is 24.2 Å². The van der Waals surface area contributed by atoms with Gasteiger partial charge in [-0.2, -0.15) is 0 Å². The van der Waals surface area contributed by atoms with Gasteiger partial charge in [-0.25, -0.2) is 0 Å². The number of nitrogens with zero attached hydrogens (tertiary/aromatic N) is 2. The summed E-state index contributed by atoms with van der Waals surface area (Å²) >= 11 is 0. The van der Waals surface area contributed by atoms with Gasteiger partial charge in [-0.3, -0.25) is 14.6 Å². The van der Waals surface area contributed by atoms with E-state index >= 15 is 0 Å². The first-order valence-electron chi connectivity index (χ1n) is 13.2. The normalized spacial score (nSPS) is 19.4. The molecule has 2 atom stereocenters. The van der Waals surface area contributed by atoms with Crippen LogP contribution in [0.1, 0.15) is 40.8 Å². The van der Waals surface area contributed by atoms with Gasteiger partial charge in [-0.15, -0.1) is 0 Å². The molecule has 1 aromatic heterocycles. The minimum absolute atomic E-state index is 0.0380. The van der Waals surface area contributed by atoms with Gasteiger partial charge in [0.25, 0.3) is 11.7 Å².